The largest absolute Gasteiger partial charge is 0.491 e. The van der Waals surface area contributed by atoms with E-state index in [9.17, 15) is 0 Å². The van der Waals surface area contributed by atoms with Gasteiger partial charge in [-0.05, 0) is 19.4 Å². The van der Waals surface area contributed by atoms with Crippen molar-refractivity contribution < 1.29 is 9.47 Å². The molecule has 21 heavy (non-hydrogen) atoms. The number of methoxy groups -OCH3 is 1. The van der Waals surface area contributed by atoms with Crippen LogP contribution < -0.4 is 4.74 Å². The lowest BCUT2D eigenvalue weighted by Gasteiger charge is -2.32. The van der Waals surface area contributed by atoms with Crippen LogP contribution in [0.2, 0.25) is 0 Å². The van der Waals surface area contributed by atoms with E-state index in [4.69, 9.17) is 21.7 Å². The summed E-state index contributed by atoms with van der Waals surface area (Å²) in [7, 11) is 1.65. The van der Waals surface area contributed by atoms with E-state index in [-0.39, 0.29) is 0 Å². The van der Waals surface area contributed by atoms with Crippen molar-refractivity contribution in [2.75, 3.05) is 40.0 Å². The Hall–Kier alpha value is -1.53. The summed E-state index contributed by atoms with van der Waals surface area (Å²) in [5, 5.41) is 0. The van der Waals surface area contributed by atoms with Crippen molar-refractivity contribution in [1.82, 2.24) is 9.88 Å². The Labute approximate surface area is 131 Å². The maximum absolute atomic E-state index is 5.57. The maximum atomic E-state index is 5.57. The summed E-state index contributed by atoms with van der Waals surface area (Å²) < 4.78 is 10.5. The quantitative estimate of drug-likeness (QED) is 0.438. The Morgan fingerprint density at radius 1 is 1.43 bits per heavy atom. The number of rotatable bonds is 7. The lowest BCUT2D eigenvalue weighted by Crippen LogP contribution is -2.42. The van der Waals surface area contributed by atoms with Crippen LogP contribution in [0.5, 0.6) is 5.75 Å². The molecule has 114 valence electrons. The summed E-state index contributed by atoms with van der Waals surface area (Å²) >= 11 is 5.35. The highest BCUT2D eigenvalue weighted by Gasteiger charge is 2.16. The molecular formula is C15H21N3O2S. The Bertz CT molecular complexity index is 515. The van der Waals surface area contributed by atoms with Gasteiger partial charge < -0.3 is 14.4 Å². The number of likely N-dealkylation sites (tertiary alicyclic amines) is 1. The van der Waals surface area contributed by atoms with Crippen molar-refractivity contribution in [3.05, 3.63) is 24.0 Å². The first kappa shape index (κ1) is 15.9. The van der Waals surface area contributed by atoms with Gasteiger partial charge in [0.15, 0.2) is 0 Å². The second-order valence-electron chi connectivity index (χ2n) is 4.85. The van der Waals surface area contributed by atoms with Crippen LogP contribution in [0.15, 0.2) is 23.3 Å². The summed E-state index contributed by atoms with van der Waals surface area (Å²) in [4.78, 5) is 11.9. The minimum atomic E-state index is 0.523. The molecule has 1 saturated heterocycles. The Kier molecular flexibility index (Phi) is 6.07. The summed E-state index contributed by atoms with van der Waals surface area (Å²) in [6.45, 7) is 5.71. The lowest BCUT2D eigenvalue weighted by molar-refractivity contribution is 0.146. The van der Waals surface area contributed by atoms with Crippen LogP contribution in [0.4, 0.5) is 0 Å². The van der Waals surface area contributed by atoms with Crippen LogP contribution in [0, 0.1) is 0 Å². The van der Waals surface area contributed by atoms with Gasteiger partial charge in [-0.15, -0.1) is 0 Å². The smallest absolute Gasteiger partial charge is 0.123 e. The van der Waals surface area contributed by atoms with Gasteiger partial charge in [0.25, 0.3) is 0 Å². The van der Waals surface area contributed by atoms with Gasteiger partial charge in [-0.2, -0.15) is 0 Å². The van der Waals surface area contributed by atoms with Crippen molar-refractivity contribution in [3.8, 4) is 5.75 Å². The molecule has 1 aliphatic rings. The fraction of sp³-hybridized carbons (Fsp3) is 0.533. The second-order valence-corrected chi connectivity index (χ2v) is 5.33. The molecule has 2 heterocycles. The predicted molar refractivity (Wildman–Crippen MR) is 87.5 cm³/mol. The van der Waals surface area contributed by atoms with Gasteiger partial charge in [-0.3, -0.25) is 9.98 Å². The zero-order valence-corrected chi connectivity index (χ0v) is 13.4. The molecule has 1 aromatic heterocycles. The molecule has 5 nitrogen and oxygen atoms in total. The van der Waals surface area contributed by atoms with E-state index in [2.05, 4.69) is 14.9 Å². The first-order valence-corrected chi connectivity index (χ1v) is 7.48. The third-order valence-electron chi connectivity index (χ3n) is 3.32. The summed E-state index contributed by atoms with van der Waals surface area (Å²) in [6.07, 6.45) is 2.95. The van der Waals surface area contributed by atoms with Gasteiger partial charge in [-0.25, -0.2) is 0 Å². The van der Waals surface area contributed by atoms with Crippen LogP contribution in [-0.2, 0) is 4.74 Å². The summed E-state index contributed by atoms with van der Waals surface area (Å²) in [5.41, 5.74) is 1.69. The van der Waals surface area contributed by atoms with Crippen LogP contribution in [0.25, 0.3) is 0 Å². The highest BCUT2D eigenvalue weighted by molar-refractivity contribution is 7.80. The Balaban J connectivity index is 1.92. The fourth-order valence-corrected chi connectivity index (χ4v) is 2.12. The normalized spacial score (nSPS) is 14.8. The molecule has 0 spiro atoms. The molecule has 0 aliphatic carbocycles. The molecule has 0 N–H and O–H groups in total. The summed E-state index contributed by atoms with van der Waals surface area (Å²) in [6, 6.07) is 3.72. The molecule has 0 aromatic carbocycles. The summed E-state index contributed by atoms with van der Waals surface area (Å²) in [5.74, 6) is 0.775. The van der Waals surface area contributed by atoms with Crippen molar-refractivity contribution >= 4 is 22.9 Å². The molecule has 0 radical (unpaired) electrons. The van der Waals surface area contributed by atoms with Crippen LogP contribution >= 0.6 is 12.2 Å². The highest BCUT2D eigenvalue weighted by atomic mass is 32.1. The van der Waals surface area contributed by atoms with Crippen molar-refractivity contribution in [2.24, 2.45) is 4.99 Å². The topological polar surface area (TPSA) is 47.0 Å². The van der Waals surface area contributed by atoms with E-state index < -0.39 is 0 Å². The van der Waals surface area contributed by atoms with Crippen molar-refractivity contribution in [2.45, 2.75) is 13.3 Å². The average molecular weight is 307 g/mol. The number of aromatic nitrogens is 1. The fourth-order valence-electron chi connectivity index (χ4n) is 1.87. The Morgan fingerprint density at radius 2 is 2.24 bits per heavy atom. The van der Waals surface area contributed by atoms with Crippen molar-refractivity contribution in [1.29, 1.82) is 0 Å². The molecule has 0 saturated carbocycles. The number of nitrogens with zero attached hydrogens (tertiary/aromatic N) is 3. The molecule has 1 aromatic rings. The number of ether oxygens (including phenoxy) is 2. The van der Waals surface area contributed by atoms with E-state index in [1.165, 1.54) is 6.42 Å². The van der Waals surface area contributed by atoms with Crippen LogP contribution in [0.3, 0.4) is 0 Å². The molecule has 1 fully saturated rings. The van der Waals surface area contributed by atoms with E-state index >= 15 is 0 Å². The predicted octanol–water partition coefficient (Wildman–Crippen LogP) is 1.95. The van der Waals surface area contributed by atoms with Crippen LogP contribution in [-0.4, -0.2) is 60.5 Å². The van der Waals surface area contributed by atoms with E-state index in [0.29, 0.717) is 19.8 Å². The highest BCUT2D eigenvalue weighted by Crippen LogP contribution is 2.12. The standard InChI is InChI=1S/C15H21N3O2S/c1-12(17-11-15(21)18-6-3-7-18)14-10-13(4-5-16-14)20-9-8-19-2/h4-5,10H,3,6-9,11H2,1-2H3. The van der Waals surface area contributed by atoms with E-state index in [1.807, 2.05) is 19.1 Å². The Morgan fingerprint density at radius 3 is 2.90 bits per heavy atom. The maximum Gasteiger partial charge on any atom is 0.123 e. The monoisotopic (exact) mass is 307 g/mol. The molecule has 1 aliphatic heterocycles. The molecule has 0 unspecified atom stereocenters. The molecular weight excluding hydrogens is 286 g/mol. The lowest BCUT2D eigenvalue weighted by atomic mass is 10.2. The molecule has 2 rings (SSSR count). The third-order valence-corrected chi connectivity index (χ3v) is 3.71. The van der Waals surface area contributed by atoms with Gasteiger partial charge in [0.2, 0.25) is 0 Å². The van der Waals surface area contributed by atoms with Gasteiger partial charge in [0, 0.05) is 32.5 Å². The van der Waals surface area contributed by atoms with E-state index in [0.717, 1.165) is 35.2 Å². The number of hydrogen-bond donors (Lipinski definition) is 0. The van der Waals surface area contributed by atoms with Crippen LogP contribution in [0.1, 0.15) is 19.0 Å². The molecule has 0 atom stereocenters. The molecule has 0 bridgehead atoms. The molecule has 6 heteroatoms. The first-order chi connectivity index (χ1) is 10.2. The minimum absolute atomic E-state index is 0.523. The number of thiocarbonyl (C=S) groups is 1. The van der Waals surface area contributed by atoms with Crippen molar-refractivity contribution in [3.63, 3.8) is 0 Å². The average Bonchev–Trinajstić information content (AvgIpc) is 2.43. The molecule has 0 amide bonds. The zero-order valence-electron chi connectivity index (χ0n) is 12.5. The number of hydrogen-bond acceptors (Lipinski definition) is 5. The van der Waals surface area contributed by atoms with Gasteiger partial charge >= 0.3 is 0 Å². The second kappa shape index (κ2) is 8.05. The third kappa shape index (κ3) is 4.75. The van der Waals surface area contributed by atoms with Gasteiger partial charge in [-0.1, -0.05) is 12.2 Å². The van der Waals surface area contributed by atoms with E-state index in [1.54, 1.807) is 13.3 Å². The first-order valence-electron chi connectivity index (χ1n) is 7.07. The zero-order chi connectivity index (χ0) is 15.1. The minimum Gasteiger partial charge on any atom is -0.491 e. The number of aliphatic imine (C=N–C) groups is 1. The van der Waals surface area contributed by atoms with Gasteiger partial charge in [0.05, 0.1) is 29.5 Å². The van der Waals surface area contributed by atoms with Gasteiger partial charge in [0.1, 0.15) is 12.4 Å². The number of pyridine rings is 1. The SMILES string of the molecule is COCCOc1ccnc(C(C)=NCC(=S)N2CCC2)c1.